The Morgan fingerprint density at radius 1 is 1.19 bits per heavy atom. The lowest BCUT2D eigenvalue weighted by atomic mass is 10.0. The van der Waals surface area contributed by atoms with E-state index in [1.54, 1.807) is 12.4 Å². The molecule has 2 aliphatic rings. The molecule has 2 saturated heterocycles. The summed E-state index contributed by atoms with van der Waals surface area (Å²) in [7, 11) is 0. The first-order valence-corrected chi connectivity index (χ1v) is 6.06. The van der Waals surface area contributed by atoms with E-state index in [9.17, 15) is 5.11 Å². The van der Waals surface area contributed by atoms with E-state index in [1.165, 1.54) is 0 Å². The van der Waals surface area contributed by atoms with Gasteiger partial charge in [0, 0.05) is 12.1 Å². The second-order valence-electron chi connectivity index (χ2n) is 4.62. The number of hydrogen-bond acceptors (Lipinski definition) is 4. The average Bonchev–Trinajstić information content (AvgIpc) is 2.54. The minimum Gasteiger partial charge on any atom is -0.393 e. The summed E-state index contributed by atoms with van der Waals surface area (Å²) in [6, 6.07) is 0.796. The van der Waals surface area contributed by atoms with Gasteiger partial charge in [0.05, 0.1) is 23.5 Å². The average molecular weight is 240 g/mol. The Bertz CT molecular complexity index is 369. The molecule has 0 saturated carbocycles. The second-order valence-corrected chi connectivity index (χ2v) is 5.06. The van der Waals surface area contributed by atoms with Gasteiger partial charge < -0.3 is 10.0 Å². The van der Waals surface area contributed by atoms with Crippen LogP contribution in [0.3, 0.4) is 0 Å². The maximum Gasteiger partial charge on any atom is 0.225 e. The van der Waals surface area contributed by atoms with Crippen molar-refractivity contribution in [2.45, 2.75) is 43.9 Å². The molecule has 5 heteroatoms. The Balaban J connectivity index is 1.88. The summed E-state index contributed by atoms with van der Waals surface area (Å²) in [5, 5.41) is 10.3. The second kappa shape index (κ2) is 3.86. The van der Waals surface area contributed by atoms with E-state index in [1.807, 2.05) is 0 Å². The molecular formula is C11H14ClN3O. The molecule has 3 rings (SSSR count). The number of halogens is 1. The van der Waals surface area contributed by atoms with Gasteiger partial charge in [-0.15, -0.1) is 0 Å². The molecule has 0 radical (unpaired) electrons. The molecule has 4 nitrogen and oxygen atoms in total. The predicted molar refractivity (Wildman–Crippen MR) is 61.6 cm³/mol. The van der Waals surface area contributed by atoms with Crippen LogP contribution >= 0.6 is 11.6 Å². The summed E-state index contributed by atoms with van der Waals surface area (Å²) in [6.07, 6.45) is 7.05. The SMILES string of the molecule is OC1CC2CCC(C1)N2c1ncc(Cl)cn1. The molecule has 1 aromatic rings. The third kappa shape index (κ3) is 1.66. The van der Waals surface area contributed by atoms with Crippen molar-refractivity contribution < 1.29 is 5.11 Å². The van der Waals surface area contributed by atoms with Crippen LogP contribution in [0, 0.1) is 0 Å². The summed E-state index contributed by atoms with van der Waals surface area (Å²) in [6.45, 7) is 0. The predicted octanol–water partition coefficient (Wildman–Crippen LogP) is 1.62. The summed E-state index contributed by atoms with van der Waals surface area (Å²) in [4.78, 5) is 10.8. The fourth-order valence-corrected chi connectivity index (χ4v) is 3.01. The zero-order chi connectivity index (χ0) is 11.1. The van der Waals surface area contributed by atoms with E-state index in [2.05, 4.69) is 14.9 Å². The monoisotopic (exact) mass is 239 g/mol. The standard InChI is InChI=1S/C11H14ClN3O/c12-7-5-13-11(14-6-7)15-8-1-2-9(15)4-10(16)3-8/h5-6,8-10,16H,1-4H2. The number of hydrogen-bond donors (Lipinski definition) is 1. The molecular weight excluding hydrogens is 226 g/mol. The summed E-state index contributed by atoms with van der Waals surface area (Å²) >= 11 is 5.78. The highest BCUT2D eigenvalue weighted by Gasteiger charge is 2.41. The van der Waals surface area contributed by atoms with Gasteiger partial charge in [-0.3, -0.25) is 0 Å². The van der Waals surface area contributed by atoms with Crippen molar-refractivity contribution in [3.8, 4) is 0 Å². The number of fused-ring (bicyclic) bond motifs is 2. The number of piperidine rings is 1. The smallest absolute Gasteiger partial charge is 0.225 e. The lowest BCUT2D eigenvalue weighted by Crippen LogP contribution is -2.45. The van der Waals surface area contributed by atoms with Crippen molar-refractivity contribution in [3.05, 3.63) is 17.4 Å². The van der Waals surface area contributed by atoms with Crippen LogP contribution in [0.2, 0.25) is 5.02 Å². The van der Waals surface area contributed by atoms with Crippen molar-refractivity contribution in [2.75, 3.05) is 4.90 Å². The van der Waals surface area contributed by atoms with Crippen LogP contribution in [0.4, 0.5) is 5.95 Å². The van der Waals surface area contributed by atoms with E-state index in [0.717, 1.165) is 31.6 Å². The van der Waals surface area contributed by atoms with Gasteiger partial charge in [-0.05, 0) is 25.7 Å². The van der Waals surface area contributed by atoms with Gasteiger partial charge in [0.2, 0.25) is 5.95 Å². The lowest BCUT2D eigenvalue weighted by Gasteiger charge is -2.37. The minimum absolute atomic E-state index is 0.152. The highest BCUT2D eigenvalue weighted by atomic mass is 35.5. The molecule has 0 spiro atoms. The molecule has 2 bridgehead atoms. The maximum atomic E-state index is 9.71. The Kier molecular flexibility index (Phi) is 2.48. The molecule has 0 amide bonds. The Hall–Kier alpha value is -0.870. The molecule has 3 heterocycles. The zero-order valence-corrected chi connectivity index (χ0v) is 9.64. The van der Waals surface area contributed by atoms with Crippen molar-refractivity contribution in [3.63, 3.8) is 0 Å². The van der Waals surface area contributed by atoms with Crippen LogP contribution in [-0.2, 0) is 0 Å². The summed E-state index contributed by atoms with van der Waals surface area (Å²) in [5.74, 6) is 0.754. The van der Waals surface area contributed by atoms with Gasteiger partial charge in [0.1, 0.15) is 0 Å². The third-order valence-electron chi connectivity index (χ3n) is 3.55. The summed E-state index contributed by atoms with van der Waals surface area (Å²) < 4.78 is 0. The number of rotatable bonds is 1. The first-order valence-electron chi connectivity index (χ1n) is 5.68. The van der Waals surface area contributed by atoms with Gasteiger partial charge in [-0.25, -0.2) is 9.97 Å². The van der Waals surface area contributed by atoms with Crippen LogP contribution in [-0.4, -0.2) is 33.3 Å². The molecule has 0 aliphatic carbocycles. The highest BCUT2D eigenvalue weighted by Crippen LogP contribution is 2.37. The Morgan fingerprint density at radius 2 is 1.75 bits per heavy atom. The first-order chi connectivity index (χ1) is 7.74. The minimum atomic E-state index is -0.152. The van der Waals surface area contributed by atoms with Crippen molar-refractivity contribution >= 4 is 17.5 Å². The van der Waals surface area contributed by atoms with E-state index >= 15 is 0 Å². The van der Waals surface area contributed by atoms with Crippen LogP contribution < -0.4 is 4.90 Å². The van der Waals surface area contributed by atoms with E-state index in [0.29, 0.717) is 17.1 Å². The number of anilines is 1. The van der Waals surface area contributed by atoms with E-state index in [4.69, 9.17) is 11.6 Å². The maximum absolute atomic E-state index is 9.71. The summed E-state index contributed by atoms with van der Waals surface area (Å²) in [5.41, 5.74) is 0. The van der Waals surface area contributed by atoms with Gasteiger partial charge in [0.25, 0.3) is 0 Å². The fraction of sp³-hybridized carbons (Fsp3) is 0.636. The van der Waals surface area contributed by atoms with Crippen LogP contribution in [0.5, 0.6) is 0 Å². The lowest BCUT2D eigenvalue weighted by molar-refractivity contribution is 0.125. The van der Waals surface area contributed by atoms with Crippen molar-refractivity contribution in [2.24, 2.45) is 0 Å². The van der Waals surface area contributed by atoms with E-state index < -0.39 is 0 Å². The van der Waals surface area contributed by atoms with Gasteiger partial charge in [-0.2, -0.15) is 0 Å². The normalized spacial score (nSPS) is 33.1. The van der Waals surface area contributed by atoms with Gasteiger partial charge in [0.15, 0.2) is 0 Å². The van der Waals surface area contributed by atoms with E-state index in [-0.39, 0.29) is 6.10 Å². The van der Waals surface area contributed by atoms with Crippen molar-refractivity contribution in [1.82, 2.24) is 9.97 Å². The molecule has 0 aromatic carbocycles. The largest absolute Gasteiger partial charge is 0.393 e. The molecule has 1 aromatic heterocycles. The number of aliphatic hydroxyl groups excluding tert-OH is 1. The molecule has 2 fully saturated rings. The molecule has 2 unspecified atom stereocenters. The van der Waals surface area contributed by atoms with Crippen LogP contribution in [0.15, 0.2) is 12.4 Å². The number of aliphatic hydroxyl groups is 1. The van der Waals surface area contributed by atoms with Crippen molar-refractivity contribution in [1.29, 1.82) is 0 Å². The Labute approximate surface area is 99.3 Å². The molecule has 86 valence electrons. The van der Waals surface area contributed by atoms with Gasteiger partial charge in [-0.1, -0.05) is 11.6 Å². The molecule has 16 heavy (non-hydrogen) atoms. The number of aromatic nitrogens is 2. The topological polar surface area (TPSA) is 49.2 Å². The first kappa shape index (κ1) is 10.3. The zero-order valence-electron chi connectivity index (χ0n) is 8.88. The van der Waals surface area contributed by atoms with Crippen LogP contribution in [0.25, 0.3) is 0 Å². The fourth-order valence-electron chi connectivity index (χ4n) is 2.91. The quantitative estimate of drug-likeness (QED) is 0.809. The molecule has 1 N–H and O–H groups in total. The molecule has 2 aliphatic heterocycles. The number of nitrogens with zero attached hydrogens (tertiary/aromatic N) is 3. The third-order valence-corrected chi connectivity index (χ3v) is 3.74. The van der Waals surface area contributed by atoms with Crippen LogP contribution in [0.1, 0.15) is 25.7 Å². The highest BCUT2D eigenvalue weighted by molar-refractivity contribution is 6.30. The molecule has 2 atom stereocenters. The van der Waals surface area contributed by atoms with Gasteiger partial charge >= 0.3 is 0 Å². The Morgan fingerprint density at radius 3 is 2.31 bits per heavy atom.